The summed E-state index contributed by atoms with van der Waals surface area (Å²) < 4.78 is 5.64. The van der Waals surface area contributed by atoms with E-state index >= 15 is 0 Å². The summed E-state index contributed by atoms with van der Waals surface area (Å²) in [6.45, 7) is 1.38. The zero-order chi connectivity index (χ0) is 13.4. The highest BCUT2D eigenvalue weighted by Gasteiger charge is 2.15. The maximum atomic E-state index is 11.6. The smallest absolute Gasteiger partial charge is 0.221 e. The van der Waals surface area contributed by atoms with Gasteiger partial charge in [0.15, 0.2) is 16.8 Å². The molecular formula is C14H10N2O3. The quantitative estimate of drug-likeness (QED) is 0.676. The molecule has 1 amide bonds. The molecule has 0 unspecified atom stereocenters. The Labute approximate surface area is 108 Å². The summed E-state index contributed by atoms with van der Waals surface area (Å²) >= 11 is 0. The van der Waals surface area contributed by atoms with E-state index in [9.17, 15) is 9.59 Å². The molecule has 0 bridgehead atoms. The number of hydrogen-bond donors (Lipinski definition) is 1. The van der Waals surface area contributed by atoms with Gasteiger partial charge >= 0.3 is 0 Å². The summed E-state index contributed by atoms with van der Waals surface area (Å²) in [5.74, 6) is 0.0943. The predicted molar refractivity (Wildman–Crippen MR) is 71.2 cm³/mol. The Hall–Kier alpha value is -2.69. The number of fused-ring (bicyclic) bond motifs is 2. The summed E-state index contributed by atoms with van der Waals surface area (Å²) in [6, 6.07) is 9.95. The normalized spacial score (nSPS) is 10.8. The van der Waals surface area contributed by atoms with Gasteiger partial charge in [0.05, 0.1) is 5.69 Å². The van der Waals surface area contributed by atoms with Crippen LogP contribution in [-0.2, 0) is 4.79 Å². The van der Waals surface area contributed by atoms with Crippen molar-refractivity contribution < 1.29 is 9.21 Å². The number of para-hydroxylation sites is 2. The van der Waals surface area contributed by atoms with E-state index in [1.165, 1.54) is 19.1 Å². The Morgan fingerprint density at radius 3 is 2.84 bits per heavy atom. The number of anilines is 1. The van der Waals surface area contributed by atoms with Crippen LogP contribution in [0.5, 0.6) is 0 Å². The first-order chi connectivity index (χ1) is 9.13. The SMILES string of the molecule is CC(=O)Nc1cc(=O)cc2oc3ccccc3nc1-2. The van der Waals surface area contributed by atoms with E-state index < -0.39 is 0 Å². The minimum absolute atomic E-state index is 0.239. The van der Waals surface area contributed by atoms with Gasteiger partial charge in [-0.15, -0.1) is 0 Å². The summed E-state index contributed by atoms with van der Waals surface area (Å²) in [4.78, 5) is 27.2. The number of carbonyl (C=O) groups excluding carboxylic acids is 1. The minimum Gasteiger partial charge on any atom is -0.453 e. The highest BCUT2D eigenvalue weighted by Crippen LogP contribution is 2.29. The van der Waals surface area contributed by atoms with Crippen molar-refractivity contribution in [3.63, 3.8) is 0 Å². The van der Waals surface area contributed by atoms with Gasteiger partial charge in [-0.05, 0) is 12.1 Å². The van der Waals surface area contributed by atoms with Crippen LogP contribution < -0.4 is 10.7 Å². The lowest BCUT2D eigenvalue weighted by Gasteiger charge is -2.10. The lowest BCUT2D eigenvalue weighted by atomic mass is 10.1. The molecule has 5 nitrogen and oxygen atoms in total. The Bertz CT molecular complexity index is 807. The van der Waals surface area contributed by atoms with Gasteiger partial charge in [0.1, 0.15) is 11.2 Å². The summed E-state index contributed by atoms with van der Waals surface area (Å²) in [7, 11) is 0. The summed E-state index contributed by atoms with van der Waals surface area (Å²) in [5, 5.41) is 2.59. The van der Waals surface area contributed by atoms with Crippen LogP contribution in [0.3, 0.4) is 0 Å². The number of nitrogens with one attached hydrogen (secondary N) is 1. The van der Waals surface area contributed by atoms with Crippen LogP contribution in [0.4, 0.5) is 5.69 Å². The number of nitrogens with zero attached hydrogens (tertiary/aromatic N) is 1. The van der Waals surface area contributed by atoms with Gasteiger partial charge in [0.2, 0.25) is 5.91 Å². The molecule has 3 rings (SSSR count). The first-order valence-corrected chi connectivity index (χ1v) is 5.75. The highest BCUT2D eigenvalue weighted by atomic mass is 16.3. The molecule has 5 heteroatoms. The monoisotopic (exact) mass is 254 g/mol. The number of hydrogen-bond acceptors (Lipinski definition) is 4. The highest BCUT2D eigenvalue weighted by molar-refractivity contribution is 5.93. The molecule has 1 heterocycles. The van der Waals surface area contributed by atoms with Gasteiger partial charge in [0.25, 0.3) is 0 Å². The van der Waals surface area contributed by atoms with E-state index in [-0.39, 0.29) is 11.3 Å². The zero-order valence-corrected chi connectivity index (χ0v) is 10.1. The Morgan fingerprint density at radius 1 is 1.26 bits per heavy atom. The molecule has 0 saturated carbocycles. The molecule has 1 aliphatic carbocycles. The maximum absolute atomic E-state index is 11.6. The third-order valence-electron chi connectivity index (χ3n) is 2.68. The molecule has 94 valence electrons. The van der Waals surface area contributed by atoms with E-state index in [0.29, 0.717) is 28.2 Å². The number of aromatic nitrogens is 1. The van der Waals surface area contributed by atoms with Gasteiger partial charge in [-0.2, -0.15) is 0 Å². The second kappa shape index (κ2) is 4.20. The van der Waals surface area contributed by atoms with Crippen LogP contribution >= 0.6 is 0 Å². The number of carbonyl (C=O) groups is 1. The van der Waals surface area contributed by atoms with E-state index in [4.69, 9.17) is 4.42 Å². The van der Waals surface area contributed by atoms with E-state index in [2.05, 4.69) is 10.3 Å². The molecule has 2 aliphatic rings. The molecule has 0 atom stereocenters. The van der Waals surface area contributed by atoms with Gasteiger partial charge < -0.3 is 9.73 Å². The fourth-order valence-electron chi connectivity index (χ4n) is 1.94. The van der Waals surface area contributed by atoms with Crippen LogP contribution in [0.25, 0.3) is 22.6 Å². The molecule has 0 saturated heterocycles. The van der Waals surface area contributed by atoms with Crippen molar-refractivity contribution in [2.75, 3.05) is 5.32 Å². The average Bonchev–Trinajstić information content (AvgIpc) is 2.36. The molecule has 1 aromatic rings. The fraction of sp³-hybridized carbons (Fsp3) is 0.0714. The molecule has 0 aromatic heterocycles. The molecule has 0 fully saturated rings. The lowest BCUT2D eigenvalue weighted by molar-refractivity contribution is -0.114. The van der Waals surface area contributed by atoms with Gasteiger partial charge in [-0.3, -0.25) is 9.59 Å². The van der Waals surface area contributed by atoms with Gasteiger partial charge in [-0.25, -0.2) is 4.98 Å². The van der Waals surface area contributed by atoms with Crippen molar-refractivity contribution in [2.45, 2.75) is 6.92 Å². The van der Waals surface area contributed by atoms with Crippen LogP contribution in [-0.4, -0.2) is 10.9 Å². The van der Waals surface area contributed by atoms with Crippen LogP contribution in [0.2, 0.25) is 0 Å². The van der Waals surface area contributed by atoms with Crippen molar-refractivity contribution in [3.8, 4) is 11.5 Å². The van der Waals surface area contributed by atoms with Crippen LogP contribution in [0.15, 0.2) is 45.6 Å². The van der Waals surface area contributed by atoms with Crippen LogP contribution in [0.1, 0.15) is 6.92 Å². The number of amides is 1. The first kappa shape index (κ1) is 11.4. The van der Waals surface area contributed by atoms with Crippen molar-refractivity contribution in [2.24, 2.45) is 0 Å². The first-order valence-electron chi connectivity index (χ1n) is 5.75. The maximum Gasteiger partial charge on any atom is 0.221 e. The average molecular weight is 254 g/mol. The molecule has 1 N–H and O–H groups in total. The molecule has 1 aromatic carbocycles. The van der Waals surface area contributed by atoms with E-state index in [1.807, 2.05) is 12.1 Å². The topological polar surface area (TPSA) is 72.2 Å². The standard InChI is InChI=1S/C14H10N2O3/c1-8(17)15-11-6-9(18)7-13-14(11)16-10-4-2-3-5-12(10)19-13/h2-7H,1H3,(H,15,17). The Balaban J connectivity index is 2.35. The minimum atomic E-state index is -0.262. The van der Waals surface area contributed by atoms with Crippen molar-refractivity contribution in [1.82, 2.24) is 4.98 Å². The largest absolute Gasteiger partial charge is 0.453 e. The second-order valence-electron chi connectivity index (χ2n) is 4.18. The van der Waals surface area contributed by atoms with Gasteiger partial charge in [0, 0.05) is 19.1 Å². The third kappa shape index (κ3) is 2.06. The molecule has 19 heavy (non-hydrogen) atoms. The summed E-state index contributed by atoms with van der Waals surface area (Å²) in [6.07, 6.45) is 0. The predicted octanol–water partition coefficient (Wildman–Crippen LogP) is 2.25. The van der Waals surface area contributed by atoms with Crippen molar-refractivity contribution in [3.05, 3.63) is 46.6 Å². The van der Waals surface area contributed by atoms with Crippen LogP contribution in [0, 0.1) is 0 Å². The molecule has 1 aliphatic heterocycles. The number of benzene rings is 2. The molecule has 0 spiro atoms. The van der Waals surface area contributed by atoms with Crippen molar-refractivity contribution >= 4 is 22.7 Å². The Morgan fingerprint density at radius 2 is 2.05 bits per heavy atom. The third-order valence-corrected chi connectivity index (χ3v) is 2.68. The van der Waals surface area contributed by atoms with E-state index in [1.54, 1.807) is 12.1 Å². The lowest BCUT2D eigenvalue weighted by Crippen LogP contribution is -2.12. The zero-order valence-electron chi connectivity index (χ0n) is 10.1. The number of rotatable bonds is 1. The molecule has 0 radical (unpaired) electrons. The second-order valence-corrected chi connectivity index (χ2v) is 4.18. The van der Waals surface area contributed by atoms with E-state index in [0.717, 1.165) is 0 Å². The van der Waals surface area contributed by atoms with Crippen molar-refractivity contribution in [1.29, 1.82) is 0 Å². The summed E-state index contributed by atoms with van der Waals surface area (Å²) in [5.41, 5.74) is 1.85. The Kier molecular flexibility index (Phi) is 2.52. The molecular weight excluding hydrogens is 244 g/mol. The fourth-order valence-corrected chi connectivity index (χ4v) is 1.94. The van der Waals surface area contributed by atoms with Gasteiger partial charge in [-0.1, -0.05) is 12.1 Å².